The van der Waals surface area contributed by atoms with Crippen LogP contribution in [0.1, 0.15) is 45.4 Å². The number of nitrogens with one attached hydrogen (secondary N) is 3. The molecular formula is C20H32N4O2. The van der Waals surface area contributed by atoms with Crippen LogP contribution in [0.5, 0.6) is 0 Å². The number of likely N-dealkylation sites (N-methyl/N-ethyl adjacent to an activating group) is 1. The summed E-state index contributed by atoms with van der Waals surface area (Å²) in [4.78, 5) is 26.0. The largest absolute Gasteiger partial charge is 0.370 e. The van der Waals surface area contributed by atoms with Crippen molar-refractivity contribution in [2.45, 2.75) is 57.5 Å². The molecule has 6 nitrogen and oxygen atoms in total. The van der Waals surface area contributed by atoms with E-state index in [4.69, 9.17) is 0 Å². The van der Waals surface area contributed by atoms with E-state index in [0.717, 1.165) is 18.5 Å². The van der Waals surface area contributed by atoms with E-state index in [2.05, 4.69) is 27.8 Å². The maximum absolute atomic E-state index is 12.0. The van der Waals surface area contributed by atoms with Gasteiger partial charge in [-0.15, -0.1) is 0 Å². The van der Waals surface area contributed by atoms with Gasteiger partial charge in [0.2, 0.25) is 5.91 Å². The number of hydrogen-bond donors (Lipinski definition) is 3. The van der Waals surface area contributed by atoms with Crippen LogP contribution in [0.2, 0.25) is 0 Å². The summed E-state index contributed by atoms with van der Waals surface area (Å²) >= 11 is 0. The number of para-hydroxylation sites is 1. The van der Waals surface area contributed by atoms with Gasteiger partial charge in [0.25, 0.3) is 0 Å². The highest BCUT2D eigenvalue weighted by molar-refractivity contribution is 5.78. The molecule has 26 heavy (non-hydrogen) atoms. The van der Waals surface area contributed by atoms with Gasteiger partial charge in [-0.3, -0.25) is 4.79 Å². The number of anilines is 1. The highest BCUT2D eigenvalue weighted by Gasteiger charge is 2.15. The van der Waals surface area contributed by atoms with Gasteiger partial charge in [0, 0.05) is 44.3 Å². The Labute approximate surface area is 156 Å². The molecule has 1 atom stereocenters. The van der Waals surface area contributed by atoms with E-state index in [0.29, 0.717) is 19.5 Å². The summed E-state index contributed by atoms with van der Waals surface area (Å²) in [7, 11) is 2.02. The molecule has 6 heteroatoms. The van der Waals surface area contributed by atoms with Crippen molar-refractivity contribution in [2.75, 3.05) is 25.0 Å². The molecule has 0 saturated heterocycles. The molecule has 144 valence electrons. The van der Waals surface area contributed by atoms with Gasteiger partial charge in [-0.2, -0.15) is 0 Å². The minimum absolute atomic E-state index is 0.0451. The molecule has 0 heterocycles. The van der Waals surface area contributed by atoms with Crippen molar-refractivity contribution in [1.82, 2.24) is 16.0 Å². The predicted molar refractivity (Wildman–Crippen MR) is 105 cm³/mol. The van der Waals surface area contributed by atoms with Crippen molar-refractivity contribution in [3.05, 3.63) is 30.3 Å². The quantitative estimate of drug-likeness (QED) is 0.667. The number of carbonyl (C=O) groups is 2. The first-order valence-corrected chi connectivity index (χ1v) is 9.65. The number of rotatable bonds is 8. The van der Waals surface area contributed by atoms with Gasteiger partial charge in [0.05, 0.1) is 0 Å². The Hall–Kier alpha value is -2.24. The second kappa shape index (κ2) is 10.7. The predicted octanol–water partition coefficient (Wildman–Crippen LogP) is 2.65. The number of benzene rings is 1. The van der Waals surface area contributed by atoms with E-state index >= 15 is 0 Å². The SMILES string of the molecule is C[C@H](CNC(=O)CCNC(=O)NC1CCCCC1)N(C)c1ccccc1. The van der Waals surface area contributed by atoms with E-state index < -0.39 is 0 Å². The maximum Gasteiger partial charge on any atom is 0.315 e. The molecular weight excluding hydrogens is 328 g/mol. The number of carbonyl (C=O) groups excluding carboxylic acids is 2. The summed E-state index contributed by atoms with van der Waals surface area (Å²) in [6, 6.07) is 10.4. The van der Waals surface area contributed by atoms with Gasteiger partial charge in [-0.1, -0.05) is 37.5 Å². The van der Waals surface area contributed by atoms with Crippen molar-refractivity contribution in [1.29, 1.82) is 0 Å². The number of amides is 3. The van der Waals surface area contributed by atoms with Crippen molar-refractivity contribution >= 4 is 17.6 Å². The van der Waals surface area contributed by atoms with Crippen LogP contribution in [0.25, 0.3) is 0 Å². The normalized spacial score (nSPS) is 15.8. The molecule has 1 aromatic rings. The fourth-order valence-electron chi connectivity index (χ4n) is 3.18. The summed E-state index contributed by atoms with van der Waals surface area (Å²) in [5, 5.41) is 8.70. The van der Waals surface area contributed by atoms with Crippen LogP contribution in [-0.4, -0.2) is 44.2 Å². The van der Waals surface area contributed by atoms with Crippen LogP contribution in [0.3, 0.4) is 0 Å². The van der Waals surface area contributed by atoms with Gasteiger partial charge >= 0.3 is 6.03 Å². The van der Waals surface area contributed by atoms with Crippen LogP contribution < -0.4 is 20.9 Å². The van der Waals surface area contributed by atoms with E-state index in [1.807, 2.05) is 37.4 Å². The molecule has 1 aliphatic carbocycles. The lowest BCUT2D eigenvalue weighted by atomic mass is 9.96. The maximum atomic E-state index is 12.0. The highest BCUT2D eigenvalue weighted by Crippen LogP contribution is 2.17. The second-order valence-corrected chi connectivity index (χ2v) is 7.08. The van der Waals surface area contributed by atoms with Crippen LogP contribution in [0.15, 0.2) is 30.3 Å². The molecule has 3 amide bonds. The Morgan fingerprint density at radius 3 is 2.50 bits per heavy atom. The monoisotopic (exact) mass is 360 g/mol. The zero-order chi connectivity index (χ0) is 18.8. The number of hydrogen-bond acceptors (Lipinski definition) is 3. The minimum atomic E-state index is -0.165. The minimum Gasteiger partial charge on any atom is -0.370 e. The fourth-order valence-corrected chi connectivity index (χ4v) is 3.18. The first kappa shape index (κ1) is 20.1. The van der Waals surface area contributed by atoms with E-state index in [-0.39, 0.29) is 24.0 Å². The molecule has 0 aromatic heterocycles. The number of urea groups is 1. The lowest BCUT2D eigenvalue weighted by Crippen LogP contribution is -2.44. The van der Waals surface area contributed by atoms with Gasteiger partial charge in [-0.25, -0.2) is 4.79 Å². The fraction of sp³-hybridized carbons (Fsp3) is 0.600. The summed E-state index contributed by atoms with van der Waals surface area (Å²) < 4.78 is 0. The summed E-state index contributed by atoms with van der Waals surface area (Å²) in [6.45, 7) is 2.99. The van der Waals surface area contributed by atoms with Gasteiger partial charge in [0.1, 0.15) is 0 Å². The third-order valence-electron chi connectivity index (χ3n) is 5.00. The van der Waals surface area contributed by atoms with E-state index in [1.54, 1.807) is 0 Å². The zero-order valence-electron chi connectivity index (χ0n) is 16.0. The molecule has 1 fully saturated rings. The lowest BCUT2D eigenvalue weighted by Gasteiger charge is -2.27. The molecule has 2 rings (SSSR count). The molecule has 0 spiro atoms. The molecule has 0 unspecified atom stereocenters. The summed E-state index contributed by atoms with van der Waals surface area (Å²) in [6.07, 6.45) is 6.03. The lowest BCUT2D eigenvalue weighted by molar-refractivity contribution is -0.121. The molecule has 1 aliphatic rings. The second-order valence-electron chi connectivity index (χ2n) is 7.08. The summed E-state index contributed by atoms with van der Waals surface area (Å²) in [5.74, 6) is -0.0451. The standard InChI is InChI=1S/C20H32N4O2/c1-16(24(2)18-11-7-4-8-12-18)15-22-19(25)13-14-21-20(26)23-17-9-5-3-6-10-17/h4,7-8,11-12,16-17H,3,5-6,9-10,13-15H2,1-2H3,(H,22,25)(H2,21,23,26)/t16-/m1/s1. The first-order chi connectivity index (χ1) is 12.6. The van der Waals surface area contributed by atoms with Crippen LogP contribution in [0, 0.1) is 0 Å². The molecule has 0 bridgehead atoms. The van der Waals surface area contributed by atoms with Gasteiger partial charge < -0.3 is 20.9 Å². The topological polar surface area (TPSA) is 73.5 Å². The molecule has 0 radical (unpaired) electrons. The van der Waals surface area contributed by atoms with Crippen LogP contribution in [0.4, 0.5) is 10.5 Å². The van der Waals surface area contributed by atoms with Crippen molar-refractivity contribution in [3.63, 3.8) is 0 Å². The Balaban J connectivity index is 1.58. The third-order valence-corrected chi connectivity index (χ3v) is 5.00. The van der Waals surface area contributed by atoms with E-state index in [1.165, 1.54) is 19.3 Å². The smallest absolute Gasteiger partial charge is 0.315 e. The van der Waals surface area contributed by atoms with Crippen molar-refractivity contribution < 1.29 is 9.59 Å². The first-order valence-electron chi connectivity index (χ1n) is 9.65. The summed E-state index contributed by atoms with van der Waals surface area (Å²) in [5.41, 5.74) is 1.12. The van der Waals surface area contributed by atoms with Crippen molar-refractivity contribution in [3.8, 4) is 0 Å². The van der Waals surface area contributed by atoms with Crippen LogP contribution in [-0.2, 0) is 4.79 Å². The van der Waals surface area contributed by atoms with Gasteiger partial charge in [0.15, 0.2) is 0 Å². The average Bonchev–Trinajstić information content (AvgIpc) is 2.67. The molecule has 1 saturated carbocycles. The zero-order valence-corrected chi connectivity index (χ0v) is 16.0. The third kappa shape index (κ3) is 6.94. The Bertz CT molecular complexity index is 558. The average molecular weight is 361 g/mol. The highest BCUT2D eigenvalue weighted by atomic mass is 16.2. The Morgan fingerprint density at radius 2 is 1.81 bits per heavy atom. The molecule has 1 aromatic carbocycles. The van der Waals surface area contributed by atoms with Gasteiger partial charge in [-0.05, 0) is 31.9 Å². The number of nitrogens with zero attached hydrogens (tertiary/aromatic N) is 1. The molecule has 3 N–H and O–H groups in total. The van der Waals surface area contributed by atoms with Crippen LogP contribution >= 0.6 is 0 Å². The molecule has 0 aliphatic heterocycles. The Morgan fingerprint density at radius 1 is 1.12 bits per heavy atom. The van der Waals surface area contributed by atoms with E-state index in [9.17, 15) is 9.59 Å². The van der Waals surface area contributed by atoms with Crippen molar-refractivity contribution in [2.24, 2.45) is 0 Å². The Kier molecular flexibility index (Phi) is 8.25.